The van der Waals surface area contributed by atoms with Gasteiger partial charge in [-0.15, -0.1) is 0 Å². The first-order chi connectivity index (χ1) is 9.08. The molecule has 0 aromatic rings. The second-order valence-electron chi connectivity index (χ2n) is 4.99. The van der Waals surface area contributed by atoms with Crippen molar-refractivity contribution in [2.24, 2.45) is 5.92 Å². The van der Waals surface area contributed by atoms with Crippen LogP contribution in [0.5, 0.6) is 0 Å². The fraction of sp³-hybridized carbons (Fsp3) is 0.222. The molecule has 0 heterocycles. The first-order valence-electron chi connectivity index (χ1n) is 6.55. The summed E-state index contributed by atoms with van der Waals surface area (Å²) in [4.78, 5) is 0. The Morgan fingerprint density at radius 2 is 2.11 bits per heavy atom. The molecule has 2 aliphatic carbocycles. The molecule has 0 spiro atoms. The zero-order valence-corrected chi connectivity index (χ0v) is 12.2. The van der Waals surface area contributed by atoms with Crippen LogP contribution in [0.2, 0.25) is 0 Å². The fourth-order valence-corrected chi connectivity index (χ4v) is 2.36. The van der Waals surface area contributed by atoms with Gasteiger partial charge in [-0.3, -0.25) is 0 Å². The van der Waals surface area contributed by atoms with Crippen LogP contribution in [0.3, 0.4) is 0 Å². The van der Waals surface area contributed by atoms with Gasteiger partial charge in [0.15, 0.2) is 0 Å². The Kier molecular flexibility index (Phi) is 4.44. The van der Waals surface area contributed by atoms with Gasteiger partial charge < -0.3 is 0 Å². The van der Waals surface area contributed by atoms with Gasteiger partial charge in [0.2, 0.25) is 0 Å². The maximum absolute atomic E-state index is 6.28. The van der Waals surface area contributed by atoms with Gasteiger partial charge in [-0.1, -0.05) is 72.4 Å². The van der Waals surface area contributed by atoms with E-state index in [1.54, 1.807) is 0 Å². The van der Waals surface area contributed by atoms with Gasteiger partial charge >= 0.3 is 0 Å². The van der Waals surface area contributed by atoms with Crippen LogP contribution >= 0.6 is 11.6 Å². The van der Waals surface area contributed by atoms with Crippen molar-refractivity contribution in [1.82, 2.24) is 0 Å². The van der Waals surface area contributed by atoms with Crippen LogP contribution in [0.15, 0.2) is 82.5 Å². The van der Waals surface area contributed by atoms with Gasteiger partial charge in [-0.25, -0.2) is 0 Å². The molecule has 98 valence electrons. The zero-order chi connectivity index (χ0) is 13.8. The molecule has 19 heavy (non-hydrogen) atoms. The van der Waals surface area contributed by atoms with Crippen molar-refractivity contribution in [3.8, 4) is 0 Å². The SMILES string of the molecule is C=C(C)C1=CCC=C(C2C=CC=C(C)C(Cl)=C2)C=C1. The van der Waals surface area contributed by atoms with Gasteiger partial charge in [0, 0.05) is 11.0 Å². The Morgan fingerprint density at radius 3 is 2.84 bits per heavy atom. The van der Waals surface area contributed by atoms with Crippen molar-refractivity contribution in [3.05, 3.63) is 82.5 Å². The molecule has 0 aromatic heterocycles. The number of rotatable bonds is 2. The Morgan fingerprint density at radius 1 is 1.32 bits per heavy atom. The lowest BCUT2D eigenvalue weighted by atomic mass is 9.97. The van der Waals surface area contributed by atoms with E-state index in [1.165, 1.54) is 11.1 Å². The average molecular weight is 271 g/mol. The van der Waals surface area contributed by atoms with E-state index in [9.17, 15) is 0 Å². The van der Waals surface area contributed by atoms with Crippen molar-refractivity contribution >= 4 is 11.6 Å². The molecule has 0 aliphatic heterocycles. The lowest BCUT2D eigenvalue weighted by Crippen LogP contribution is -1.95. The van der Waals surface area contributed by atoms with Gasteiger partial charge in [-0.2, -0.15) is 0 Å². The molecule has 2 rings (SSSR count). The van der Waals surface area contributed by atoms with Crippen LogP contribution in [0.25, 0.3) is 0 Å². The summed E-state index contributed by atoms with van der Waals surface area (Å²) in [6, 6.07) is 0. The average Bonchev–Trinajstić information content (AvgIpc) is 2.69. The first kappa shape index (κ1) is 13.9. The van der Waals surface area contributed by atoms with Gasteiger partial charge in [0.25, 0.3) is 0 Å². The smallest absolute Gasteiger partial charge is 0.0404 e. The van der Waals surface area contributed by atoms with E-state index in [1.807, 2.05) is 13.8 Å². The fourth-order valence-electron chi connectivity index (χ4n) is 2.16. The highest BCUT2D eigenvalue weighted by Crippen LogP contribution is 2.28. The molecular formula is C18H19Cl. The summed E-state index contributed by atoms with van der Waals surface area (Å²) in [5, 5.41) is 0.835. The molecule has 0 aromatic carbocycles. The van der Waals surface area contributed by atoms with E-state index in [2.05, 4.69) is 55.2 Å². The molecule has 0 radical (unpaired) electrons. The number of allylic oxidation sites excluding steroid dienone is 13. The second-order valence-corrected chi connectivity index (χ2v) is 5.40. The van der Waals surface area contributed by atoms with E-state index < -0.39 is 0 Å². The van der Waals surface area contributed by atoms with Crippen LogP contribution in [0.4, 0.5) is 0 Å². The minimum absolute atomic E-state index is 0.246. The van der Waals surface area contributed by atoms with Crippen molar-refractivity contribution in [2.45, 2.75) is 20.3 Å². The standard InChI is InChI=1S/C18H19Cl/c1-13(2)15-7-5-8-16(11-10-15)17-9-4-6-14(3)18(19)12-17/h4,6-12,17H,1,5H2,2-3H3. The van der Waals surface area contributed by atoms with E-state index in [4.69, 9.17) is 11.6 Å². The lowest BCUT2D eigenvalue weighted by molar-refractivity contribution is 0.994. The molecular weight excluding hydrogens is 252 g/mol. The Labute approximate surface area is 120 Å². The summed E-state index contributed by atoms with van der Waals surface area (Å²) in [6.07, 6.45) is 18.1. The topological polar surface area (TPSA) is 0 Å². The summed E-state index contributed by atoms with van der Waals surface area (Å²) in [6.45, 7) is 8.07. The van der Waals surface area contributed by atoms with Crippen LogP contribution in [-0.4, -0.2) is 0 Å². The lowest BCUT2D eigenvalue weighted by Gasteiger charge is -2.09. The zero-order valence-electron chi connectivity index (χ0n) is 11.5. The van der Waals surface area contributed by atoms with E-state index >= 15 is 0 Å². The van der Waals surface area contributed by atoms with Gasteiger partial charge in [-0.05, 0) is 37.0 Å². The summed E-state index contributed by atoms with van der Waals surface area (Å²) in [7, 11) is 0. The van der Waals surface area contributed by atoms with Crippen LogP contribution in [0.1, 0.15) is 20.3 Å². The molecule has 0 saturated heterocycles. The monoisotopic (exact) mass is 270 g/mol. The number of halogens is 1. The first-order valence-corrected chi connectivity index (χ1v) is 6.92. The third-order valence-electron chi connectivity index (χ3n) is 3.39. The number of hydrogen-bond acceptors (Lipinski definition) is 0. The molecule has 0 amide bonds. The van der Waals surface area contributed by atoms with Crippen LogP contribution in [0, 0.1) is 5.92 Å². The molecule has 1 atom stereocenters. The molecule has 0 saturated carbocycles. The number of hydrogen-bond donors (Lipinski definition) is 0. The molecule has 0 bridgehead atoms. The van der Waals surface area contributed by atoms with Crippen LogP contribution < -0.4 is 0 Å². The molecule has 0 fully saturated rings. The third-order valence-corrected chi connectivity index (χ3v) is 3.82. The largest absolute Gasteiger partial charge is 0.0955 e. The van der Waals surface area contributed by atoms with Gasteiger partial charge in [0.1, 0.15) is 0 Å². The van der Waals surface area contributed by atoms with Crippen molar-refractivity contribution in [1.29, 1.82) is 0 Å². The van der Waals surface area contributed by atoms with E-state index in [-0.39, 0.29) is 5.92 Å². The Balaban J connectivity index is 2.24. The third kappa shape index (κ3) is 3.48. The van der Waals surface area contributed by atoms with Crippen molar-refractivity contribution in [2.75, 3.05) is 0 Å². The maximum Gasteiger partial charge on any atom is 0.0404 e. The Bertz CT molecular complexity index is 562. The second kappa shape index (κ2) is 6.08. The van der Waals surface area contributed by atoms with Gasteiger partial charge in [0.05, 0.1) is 0 Å². The van der Waals surface area contributed by atoms with Crippen LogP contribution in [-0.2, 0) is 0 Å². The summed E-state index contributed by atoms with van der Waals surface area (Å²) in [5.41, 5.74) is 4.71. The van der Waals surface area contributed by atoms with E-state index in [0.29, 0.717) is 0 Å². The quantitative estimate of drug-likeness (QED) is 0.610. The summed E-state index contributed by atoms with van der Waals surface area (Å²) < 4.78 is 0. The molecule has 0 N–H and O–H groups in total. The van der Waals surface area contributed by atoms with Crippen molar-refractivity contribution < 1.29 is 0 Å². The van der Waals surface area contributed by atoms with Crippen molar-refractivity contribution in [3.63, 3.8) is 0 Å². The molecule has 1 unspecified atom stereocenters. The Hall–Kier alpha value is -1.53. The molecule has 0 nitrogen and oxygen atoms in total. The van der Waals surface area contributed by atoms with E-state index in [0.717, 1.165) is 22.6 Å². The molecule has 1 heteroatoms. The predicted molar refractivity (Wildman–Crippen MR) is 85.1 cm³/mol. The minimum Gasteiger partial charge on any atom is -0.0955 e. The summed E-state index contributed by atoms with van der Waals surface area (Å²) >= 11 is 6.28. The predicted octanol–water partition coefficient (Wildman–Crippen LogP) is 5.63. The normalized spacial score (nSPS) is 22.8. The molecule has 2 aliphatic rings. The highest BCUT2D eigenvalue weighted by Gasteiger charge is 2.11. The maximum atomic E-state index is 6.28. The summed E-state index contributed by atoms with van der Waals surface area (Å²) in [5.74, 6) is 0.246. The minimum atomic E-state index is 0.246. The highest BCUT2D eigenvalue weighted by atomic mass is 35.5. The highest BCUT2D eigenvalue weighted by molar-refractivity contribution is 6.32.